The van der Waals surface area contributed by atoms with Crippen molar-refractivity contribution in [2.45, 2.75) is 26.8 Å². The lowest BCUT2D eigenvalue weighted by atomic mass is 10.2. The Kier molecular flexibility index (Phi) is 2.07. The SMILES string of the molecule is Cc1c(-c2cn[nH]n2)cnn1C(C)C. The maximum Gasteiger partial charge on any atom is 0.116 e. The van der Waals surface area contributed by atoms with Crippen LogP contribution in [0.5, 0.6) is 0 Å². The Morgan fingerprint density at radius 3 is 2.64 bits per heavy atom. The molecule has 2 aromatic heterocycles. The van der Waals surface area contributed by atoms with Crippen molar-refractivity contribution in [2.75, 3.05) is 0 Å². The number of aromatic nitrogens is 5. The Hall–Kier alpha value is -1.65. The lowest BCUT2D eigenvalue weighted by molar-refractivity contribution is 0.519. The van der Waals surface area contributed by atoms with Crippen molar-refractivity contribution in [3.8, 4) is 11.3 Å². The molecule has 0 bridgehead atoms. The van der Waals surface area contributed by atoms with Crippen LogP contribution in [0.4, 0.5) is 0 Å². The first-order valence-corrected chi connectivity index (χ1v) is 4.60. The van der Waals surface area contributed by atoms with Gasteiger partial charge in [0, 0.05) is 17.3 Å². The minimum atomic E-state index is 0.371. The lowest BCUT2D eigenvalue weighted by Crippen LogP contribution is -2.04. The molecule has 0 saturated heterocycles. The third-order valence-electron chi connectivity index (χ3n) is 2.22. The summed E-state index contributed by atoms with van der Waals surface area (Å²) in [4.78, 5) is 0. The van der Waals surface area contributed by atoms with Gasteiger partial charge >= 0.3 is 0 Å². The van der Waals surface area contributed by atoms with Crippen molar-refractivity contribution in [3.05, 3.63) is 18.1 Å². The second kappa shape index (κ2) is 3.25. The zero-order chi connectivity index (χ0) is 10.1. The van der Waals surface area contributed by atoms with Crippen molar-refractivity contribution < 1.29 is 0 Å². The number of H-pyrrole nitrogens is 1. The van der Waals surface area contributed by atoms with Gasteiger partial charge in [-0.2, -0.15) is 20.5 Å². The molecule has 0 aliphatic heterocycles. The number of hydrogen-bond donors (Lipinski definition) is 1. The van der Waals surface area contributed by atoms with Gasteiger partial charge in [-0.3, -0.25) is 4.68 Å². The van der Waals surface area contributed by atoms with E-state index in [2.05, 4.69) is 34.4 Å². The van der Waals surface area contributed by atoms with Gasteiger partial charge in [0.25, 0.3) is 0 Å². The summed E-state index contributed by atoms with van der Waals surface area (Å²) < 4.78 is 1.98. The first-order valence-electron chi connectivity index (χ1n) is 4.60. The minimum Gasteiger partial charge on any atom is -0.267 e. The monoisotopic (exact) mass is 191 g/mol. The molecule has 0 aliphatic rings. The van der Waals surface area contributed by atoms with E-state index < -0.39 is 0 Å². The second-order valence-electron chi connectivity index (χ2n) is 3.54. The normalized spacial score (nSPS) is 11.1. The standard InChI is InChI=1S/C9H13N5/c1-6(2)14-7(3)8(4-11-14)9-5-10-13-12-9/h4-6H,1-3H3,(H,10,12,13). The Balaban J connectivity index is 2.47. The van der Waals surface area contributed by atoms with Crippen LogP contribution in [0.25, 0.3) is 11.3 Å². The number of hydrogen-bond acceptors (Lipinski definition) is 3. The Bertz CT molecular complexity index is 412. The molecule has 0 saturated carbocycles. The van der Waals surface area contributed by atoms with Gasteiger partial charge in [0.2, 0.25) is 0 Å². The molecule has 0 radical (unpaired) electrons. The summed E-state index contributed by atoms with van der Waals surface area (Å²) in [6.45, 7) is 6.25. The molecule has 2 aromatic rings. The predicted molar refractivity (Wildman–Crippen MR) is 52.7 cm³/mol. The summed E-state index contributed by atoms with van der Waals surface area (Å²) >= 11 is 0. The van der Waals surface area contributed by atoms with Crippen LogP contribution in [0.2, 0.25) is 0 Å². The summed E-state index contributed by atoms with van der Waals surface area (Å²) in [5, 5.41) is 14.7. The van der Waals surface area contributed by atoms with Crippen LogP contribution in [0, 0.1) is 6.92 Å². The molecule has 74 valence electrons. The highest BCUT2D eigenvalue weighted by Gasteiger charge is 2.11. The van der Waals surface area contributed by atoms with E-state index >= 15 is 0 Å². The molecule has 0 spiro atoms. The third-order valence-corrected chi connectivity index (χ3v) is 2.22. The predicted octanol–water partition coefficient (Wildman–Crippen LogP) is 1.56. The molecule has 14 heavy (non-hydrogen) atoms. The van der Waals surface area contributed by atoms with Crippen molar-refractivity contribution in [3.63, 3.8) is 0 Å². The number of rotatable bonds is 2. The molecular weight excluding hydrogens is 178 g/mol. The summed E-state index contributed by atoms with van der Waals surface area (Å²) in [5.41, 5.74) is 3.00. The van der Waals surface area contributed by atoms with Crippen LogP contribution in [-0.2, 0) is 0 Å². The van der Waals surface area contributed by atoms with Gasteiger partial charge in [-0.15, -0.1) is 0 Å². The Morgan fingerprint density at radius 1 is 1.36 bits per heavy atom. The fourth-order valence-corrected chi connectivity index (χ4v) is 1.53. The zero-order valence-corrected chi connectivity index (χ0v) is 8.52. The quantitative estimate of drug-likeness (QED) is 0.783. The lowest BCUT2D eigenvalue weighted by Gasteiger charge is -2.07. The minimum absolute atomic E-state index is 0.371. The van der Waals surface area contributed by atoms with E-state index in [1.807, 2.05) is 17.8 Å². The fraction of sp³-hybridized carbons (Fsp3) is 0.444. The molecule has 0 unspecified atom stereocenters. The third kappa shape index (κ3) is 1.30. The molecule has 0 aromatic carbocycles. The van der Waals surface area contributed by atoms with E-state index in [9.17, 15) is 0 Å². The van der Waals surface area contributed by atoms with E-state index in [0.29, 0.717) is 6.04 Å². The van der Waals surface area contributed by atoms with Gasteiger partial charge in [0.05, 0.1) is 12.4 Å². The van der Waals surface area contributed by atoms with Crippen molar-refractivity contribution in [2.24, 2.45) is 0 Å². The molecule has 1 N–H and O–H groups in total. The van der Waals surface area contributed by atoms with E-state index in [-0.39, 0.29) is 0 Å². The summed E-state index contributed by atoms with van der Waals surface area (Å²) in [6.07, 6.45) is 3.53. The average Bonchev–Trinajstić information content (AvgIpc) is 2.71. The fourth-order valence-electron chi connectivity index (χ4n) is 1.53. The molecule has 0 aliphatic carbocycles. The first-order chi connectivity index (χ1) is 6.70. The van der Waals surface area contributed by atoms with Gasteiger partial charge in [0.1, 0.15) is 5.69 Å². The van der Waals surface area contributed by atoms with Gasteiger partial charge in [-0.1, -0.05) is 0 Å². The van der Waals surface area contributed by atoms with Gasteiger partial charge in [0.15, 0.2) is 0 Å². The van der Waals surface area contributed by atoms with Crippen molar-refractivity contribution >= 4 is 0 Å². The van der Waals surface area contributed by atoms with Gasteiger partial charge in [-0.25, -0.2) is 0 Å². The van der Waals surface area contributed by atoms with Gasteiger partial charge in [-0.05, 0) is 20.8 Å². The van der Waals surface area contributed by atoms with Crippen LogP contribution in [0.3, 0.4) is 0 Å². The van der Waals surface area contributed by atoms with E-state index in [1.54, 1.807) is 6.20 Å². The number of nitrogens with one attached hydrogen (secondary N) is 1. The second-order valence-corrected chi connectivity index (χ2v) is 3.54. The first kappa shape index (κ1) is 8.93. The zero-order valence-electron chi connectivity index (χ0n) is 8.52. The highest BCUT2D eigenvalue weighted by molar-refractivity contribution is 5.59. The van der Waals surface area contributed by atoms with E-state index in [0.717, 1.165) is 17.0 Å². The van der Waals surface area contributed by atoms with E-state index in [4.69, 9.17) is 0 Å². The Labute approximate surface area is 82.1 Å². The molecule has 0 atom stereocenters. The van der Waals surface area contributed by atoms with E-state index in [1.165, 1.54) is 0 Å². The van der Waals surface area contributed by atoms with Crippen LogP contribution in [-0.4, -0.2) is 25.2 Å². The topological polar surface area (TPSA) is 59.4 Å². The van der Waals surface area contributed by atoms with Crippen LogP contribution in [0.1, 0.15) is 25.6 Å². The Morgan fingerprint density at radius 2 is 2.14 bits per heavy atom. The highest BCUT2D eigenvalue weighted by Crippen LogP contribution is 2.21. The molecule has 5 heteroatoms. The molecule has 2 heterocycles. The maximum atomic E-state index is 4.31. The summed E-state index contributed by atoms with van der Waals surface area (Å²) in [6, 6.07) is 0.371. The van der Waals surface area contributed by atoms with Crippen LogP contribution >= 0.6 is 0 Å². The van der Waals surface area contributed by atoms with Crippen LogP contribution in [0.15, 0.2) is 12.4 Å². The van der Waals surface area contributed by atoms with Crippen LogP contribution < -0.4 is 0 Å². The number of nitrogens with zero attached hydrogens (tertiary/aromatic N) is 4. The average molecular weight is 191 g/mol. The molecule has 2 rings (SSSR count). The maximum absolute atomic E-state index is 4.31. The summed E-state index contributed by atoms with van der Waals surface area (Å²) in [7, 11) is 0. The van der Waals surface area contributed by atoms with Gasteiger partial charge < -0.3 is 0 Å². The summed E-state index contributed by atoms with van der Waals surface area (Å²) in [5.74, 6) is 0. The molecule has 0 amide bonds. The highest BCUT2D eigenvalue weighted by atomic mass is 15.3. The largest absolute Gasteiger partial charge is 0.267 e. The molecule has 5 nitrogen and oxygen atoms in total. The number of aromatic amines is 1. The smallest absolute Gasteiger partial charge is 0.116 e. The van der Waals surface area contributed by atoms with Crippen molar-refractivity contribution in [1.29, 1.82) is 0 Å². The van der Waals surface area contributed by atoms with Crippen molar-refractivity contribution in [1.82, 2.24) is 25.2 Å². The molecular formula is C9H13N5. The molecule has 0 fully saturated rings.